The monoisotopic (exact) mass is 393 g/mol. The molecule has 0 aliphatic heterocycles. The van der Waals surface area contributed by atoms with Crippen molar-refractivity contribution in [1.29, 1.82) is 5.26 Å². The highest BCUT2D eigenvalue weighted by Crippen LogP contribution is 2.29. The van der Waals surface area contributed by atoms with E-state index in [1.54, 1.807) is 43.5 Å². The van der Waals surface area contributed by atoms with Gasteiger partial charge in [0, 0.05) is 12.2 Å². The van der Waals surface area contributed by atoms with Gasteiger partial charge in [0.15, 0.2) is 11.0 Å². The van der Waals surface area contributed by atoms with Crippen LogP contribution in [0.1, 0.15) is 18.2 Å². The first-order valence-corrected chi connectivity index (χ1v) is 9.47. The number of carbonyl (C=O) groups excluding carboxylic acids is 1. The van der Waals surface area contributed by atoms with E-state index in [1.165, 1.54) is 11.8 Å². The first kappa shape index (κ1) is 19.5. The Balaban J connectivity index is 1.75. The van der Waals surface area contributed by atoms with Crippen LogP contribution in [0.4, 0.5) is 5.69 Å². The lowest BCUT2D eigenvalue weighted by Crippen LogP contribution is -2.23. The fraction of sp³-hybridized carbons (Fsp3) is 0.200. The molecule has 0 aliphatic rings. The second-order valence-electron chi connectivity index (χ2n) is 6.03. The van der Waals surface area contributed by atoms with Crippen LogP contribution in [0.2, 0.25) is 0 Å². The molecule has 142 valence electrons. The second kappa shape index (κ2) is 8.59. The number of carbonyl (C=O) groups is 1. The van der Waals surface area contributed by atoms with E-state index in [-0.39, 0.29) is 5.91 Å². The molecule has 0 bridgehead atoms. The Hall–Kier alpha value is -3.31. The minimum Gasteiger partial charge on any atom is -0.469 e. The van der Waals surface area contributed by atoms with Gasteiger partial charge in [0.05, 0.1) is 28.7 Å². The molecule has 1 amide bonds. The Bertz CT molecular complexity index is 1030. The molecule has 1 aromatic carbocycles. The summed E-state index contributed by atoms with van der Waals surface area (Å²) in [6.45, 7) is 7.98. The zero-order valence-corrected chi connectivity index (χ0v) is 16.4. The fourth-order valence-corrected chi connectivity index (χ4v) is 3.43. The summed E-state index contributed by atoms with van der Waals surface area (Å²) in [6.07, 6.45) is 3.37. The van der Waals surface area contributed by atoms with E-state index >= 15 is 0 Å². The number of nitriles is 1. The summed E-state index contributed by atoms with van der Waals surface area (Å²) in [5, 5.41) is 20.4. The van der Waals surface area contributed by atoms with Crippen molar-refractivity contribution in [2.75, 3.05) is 5.32 Å². The number of rotatable bonds is 7. The molecule has 0 fully saturated rings. The van der Waals surface area contributed by atoms with Crippen molar-refractivity contribution in [2.45, 2.75) is 30.8 Å². The molecule has 28 heavy (non-hydrogen) atoms. The van der Waals surface area contributed by atoms with Crippen molar-refractivity contribution >= 4 is 23.4 Å². The van der Waals surface area contributed by atoms with Crippen molar-refractivity contribution in [3.05, 3.63) is 60.6 Å². The molecule has 2 aromatic heterocycles. The van der Waals surface area contributed by atoms with Crippen LogP contribution in [0.25, 0.3) is 11.4 Å². The zero-order valence-electron chi connectivity index (χ0n) is 15.5. The summed E-state index contributed by atoms with van der Waals surface area (Å²) < 4.78 is 7.27. The van der Waals surface area contributed by atoms with E-state index < -0.39 is 5.25 Å². The fourth-order valence-electron chi connectivity index (χ4n) is 2.57. The number of aryl methyl sites for hydroxylation is 1. The van der Waals surface area contributed by atoms with Crippen molar-refractivity contribution in [3.8, 4) is 17.5 Å². The molecule has 0 spiro atoms. The van der Waals surface area contributed by atoms with Gasteiger partial charge in [-0.1, -0.05) is 17.8 Å². The molecule has 0 unspecified atom stereocenters. The normalized spacial score (nSPS) is 11.6. The second-order valence-corrected chi connectivity index (χ2v) is 7.34. The third-order valence-corrected chi connectivity index (χ3v) is 5.14. The van der Waals surface area contributed by atoms with Crippen LogP contribution in [0.5, 0.6) is 0 Å². The van der Waals surface area contributed by atoms with Gasteiger partial charge < -0.3 is 9.73 Å². The predicted octanol–water partition coefficient (Wildman–Crippen LogP) is 4.02. The summed E-state index contributed by atoms with van der Waals surface area (Å²) in [5.41, 5.74) is 2.04. The minimum absolute atomic E-state index is 0.163. The number of hydrogen-bond acceptors (Lipinski definition) is 6. The molecule has 1 N–H and O–H groups in total. The van der Waals surface area contributed by atoms with Crippen LogP contribution in [0.3, 0.4) is 0 Å². The standard InChI is InChI=1S/C20H19N5O2S/c1-4-10-25-18(17-9-11-27-13(17)2)23-24-20(25)28-14(3)19(26)22-16-7-5-15(12-21)6-8-16/h4-9,11,14H,1,10H2,2-3H3,(H,22,26)/t14-/m1/s1. The largest absolute Gasteiger partial charge is 0.469 e. The Labute approximate surface area is 167 Å². The smallest absolute Gasteiger partial charge is 0.237 e. The maximum Gasteiger partial charge on any atom is 0.237 e. The molecule has 0 saturated heterocycles. The average molecular weight is 393 g/mol. The summed E-state index contributed by atoms with van der Waals surface area (Å²) in [7, 11) is 0. The lowest BCUT2D eigenvalue weighted by atomic mass is 10.2. The van der Waals surface area contributed by atoms with Crippen LogP contribution in [-0.2, 0) is 11.3 Å². The van der Waals surface area contributed by atoms with Crippen LogP contribution in [0.15, 0.2) is 58.8 Å². The summed E-state index contributed by atoms with van der Waals surface area (Å²) >= 11 is 1.32. The lowest BCUT2D eigenvalue weighted by Gasteiger charge is -2.13. The minimum atomic E-state index is -0.401. The average Bonchev–Trinajstić information content (AvgIpc) is 3.28. The Morgan fingerprint density at radius 3 is 2.75 bits per heavy atom. The van der Waals surface area contributed by atoms with Crippen molar-refractivity contribution in [3.63, 3.8) is 0 Å². The third-order valence-electron chi connectivity index (χ3n) is 4.06. The molecule has 3 rings (SSSR count). The van der Waals surface area contributed by atoms with Gasteiger partial charge in [-0.3, -0.25) is 9.36 Å². The third kappa shape index (κ3) is 4.15. The molecular weight excluding hydrogens is 374 g/mol. The first-order valence-electron chi connectivity index (χ1n) is 8.59. The Morgan fingerprint density at radius 1 is 1.39 bits per heavy atom. The van der Waals surface area contributed by atoms with Gasteiger partial charge in [-0.05, 0) is 44.2 Å². The van der Waals surface area contributed by atoms with Gasteiger partial charge in [-0.2, -0.15) is 5.26 Å². The van der Waals surface area contributed by atoms with Crippen molar-refractivity contribution in [1.82, 2.24) is 14.8 Å². The molecule has 2 heterocycles. The molecule has 3 aromatic rings. The number of anilines is 1. The number of nitrogens with zero attached hydrogens (tertiary/aromatic N) is 4. The number of hydrogen-bond donors (Lipinski definition) is 1. The molecule has 1 atom stereocenters. The van der Waals surface area contributed by atoms with E-state index in [4.69, 9.17) is 9.68 Å². The number of amides is 1. The van der Waals surface area contributed by atoms with Gasteiger partial charge in [0.2, 0.25) is 5.91 Å². The number of benzene rings is 1. The lowest BCUT2D eigenvalue weighted by molar-refractivity contribution is -0.115. The molecule has 7 nitrogen and oxygen atoms in total. The quantitative estimate of drug-likeness (QED) is 0.481. The van der Waals surface area contributed by atoms with Crippen LogP contribution < -0.4 is 5.32 Å². The summed E-state index contributed by atoms with van der Waals surface area (Å²) in [4.78, 5) is 12.5. The highest BCUT2D eigenvalue weighted by atomic mass is 32.2. The Kier molecular flexibility index (Phi) is 5.96. The van der Waals surface area contributed by atoms with Crippen LogP contribution in [0, 0.1) is 18.3 Å². The first-order chi connectivity index (χ1) is 13.5. The molecule has 0 radical (unpaired) electrons. The van der Waals surface area contributed by atoms with E-state index in [0.717, 1.165) is 11.3 Å². The van der Waals surface area contributed by atoms with Crippen molar-refractivity contribution < 1.29 is 9.21 Å². The van der Waals surface area contributed by atoms with E-state index in [9.17, 15) is 4.79 Å². The summed E-state index contributed by atoms with van der Waals surface area (Å²) in [6, 6.07) is 10.6. The Morgan fingerprint density at radius 2 is 2.14 bits per heavy atom. The maximum absolute atomic E-state index is 12.5. The number of allylic oxidation sites excluding steroid dienone is 1. The van der Waals surface area contributed by atoms with E-state index in [0.29, 0.717) is 28.8 Å². The van der Waals surface area contributed by atoms with Gasteiger partial charge in [0.25, 0.3) is 0 Å². The number of nitrogens with one attached hydrogen (secondary N) is 1. The van der Waals surface area contributed by atoms with Crippen molar-refractivity contribution in [2.24, 2.45) is 0 Å². The highest BCUT2D eigenvalue weighted by molar-refractivity contribution is 8.00. The zero-order chi connectivity index (χ0) is 20.1. The molecule has 0 aliphatic carbocycles. The van der Waals surface area contributed by atoms with Crippen LogP contribution in [-0.4, -0.2) is 25.9 Å². The molecule has 8 heteroatoms. The summed E-state index contributed by atoms with van der Waals surface area (Å²) in [5.74, 6) is 1.26. The number of aromatic nitrogens is 3. The van der Waals surface area contributed by atoms with Gasteiger partial charge in [-0.15, -0.1) is 16.8 Å². The molecule has 0 saturated carbocycles. The predicted molar refractivity (Wildman–Crippen MR) is 108 cm³/mol. The van der Waals surface area contributed by atoms with Gasteiger partial charge in [0.1, 0.15) is 5.76 Å². The number of thioether (sulfide) groups is 1. The maximum atomic E-state index is 12.5. The SMILES string of the molecule is C=CCn1c(S[C@H](C)C(=O)Nc2ccc(C#N)cc2)nnc1-c1ccoc1C. The van der Waals surface area contributed by atoms with Crippen LogP contribution >= 0.6 is 11.8 Å². The van der Waals surface area contributed by atoms with Gasteiger partial charge >= 0.3 is 0 Å². The van der Waals surface area contributed by atoms with E-state index in [1.807, 2.05) is 23.6 Å². The molecular formula is C20H19N5O2S. The number of furan rings is 1. The van der Waals surface area contributed by atoms with E-state index in [2.05, 4.69) is 22.1 Å². The topological polar surface area (TPSA) is 96.7 Å². The van der Waals surface area contributed by atoms with Gasteiger partial charge in [-0.25, -0.2) is 0 Å². The highest BCUT2D eigenvalue weighted by Gasteiger charge is 2.21.